The van der Waals surface area contributed by atoms with Crippen LogP contribution >= 0.6 is 0 Å². The highest BCUT2D eigenvalue weighted by Gasteiger charge is 2.20. The van der Waals surface area contributed by atoms with E-state index in [0.717, 1.165) is 11.3 Å². The zero-order valence-electron chi connectivity index (χ0n) is 6.61. The molecule has 0 aromatic heterocycles. The van der Waals surface area contributed by atoms with E-state index in [1.807, 2.05) is 24.3 Å². The number of hydrogen-bond donors (Lipinski definition) is 1. The maximum atomic E-state index is 11.2. The molecule has 0 radical (unpaired) electrons. The van der Waals surface area contributed by atoms with Crippen molar-refractivity contribution in [2.45, 2.75) is 0 Å². The molecule has 4 nitrogen and oxygen atoms in total. The highest BCUT2D eigenvalue weighted by molar-refractivity contribution is 6.02. The summed E-state index contributed by atoms with van der Waals surface area (Å²) < 4.78 is 0. The molecule has 0 aromatic rings. The van der Waals surface area contributed by atoms with Crippen LogP contribution in [0.4, 0.5) is 5.82 Å². The number of H-pyrrole nitrogens is 1. The van der Waals surface area contributed by atoms with Gasteiger partial charge < -0.3 is 4.98 Å². The predicted molar refractivity (Wildman–Crippen MR) is 46.3 cm³/mol. The lowest BCUT2D eigenvalue weighted by Gasteiger charge is -2.00. The molecule has 0 spiro atoms. The van der Waals surface area contributed by atoms with Crippen molar-refractivity contribution in [1.29, 1.82) is 0 Å². The minimum atomic E-state index is -0.269. The highest BCUT2D eigenvalue weighted by atomic mass is 16.2. The van der Waals surface area contributed by atoms with Gasteiger partial charge >= 0.3 is 0 Å². The van der Waals surface area contributed by atoms with Gasteiger partial charge in [-0.25, -0.2) is 0 Å². The summed E-state index contributed by atoms with van der Waals surface area (Å²) in [5.41, 5.74) is 2.55. The lowest BCUT2D eigenvalue weighted by atomic mass is 10.1. The zero-order chi connectivity index (χ0) is 8.84. The molecular weight excluding hydrogens is 166 g/mol. The summed E-state index contributed by atoms with van der Waals surface area (Å²) in [6.07, 6.45) is 0. The molecule has 0 atom stereocenters. The molecule has 0 saturated carbocycles. The molecule has 2 aliphatic heterocycles. The third kappa shape index (κ3) is 0.767. The Morgan fingerprint density at radius 3 is 3.08 bits per heavy atom. The summed E-state index contributed by atoms with van der Waals surface area (Å²) in [5.74, 6) is 0.290. The third-order valence-corrected chi connectivity index (χ3v) is 2.13. The Hall–Kier alpha value is -1.97. The van der Waals surface area contributed by atoms with Crippen LogP contribution < -0.4 is 0 Å². The van der Waals surface area contributed by atoms with Gasteiger partial charge in [-0.2, -0.15) is 0 Å². The van der Waals surface area contributed by atoms with Crippen LogP contribution in [0, 0.1) is 0 Å². The number of aromatic amines is 1. The van der Waals surface area contributed by atoms with Crippen LogP contribution in [0.3, 0.4) is 0 Å². The molecule has 1 amide bonds. The number of hydrogen-bond acceptors (Lipinski definition) is 2. The van der Waals surface area contributed by atoms with Gasteiger partial charge in [0.25, 0.3) is 5.91 Å². The fourth-order valence-electron chi connectivity index (χ4n) is 1.48. The molecule has 0 saturated heterocycles. The molecule has 2 heterocycles. The van der Waals surface area contributed by atoms with Gasteiger partial charge in [0.15, 0.2) is 5.82 Å². The first-order valence-electron chi connectivity index (χ1n) is 3.92. The molecule has 0 unspecified atom stereocenters. The van der Waals surface area contributed by atoms with Gasteiger partial charge in [0.1, 0.15) is 0 Å². The molecule has 1 aliphatic carbocycles. The zero-order valence-corrected chi connectivity index (χ0v) is 6.61. The maximum absolute atomic E-state index is 11.2. The van der Waals surface area contributed by atoms with Crippen LogP contribution in [0.25, 0.3) is 11.3 Å². The molecule has 4 heteroatoms. The van der Waals surface area contributed by atoms with Crippen LogP contribution in [-0.4, -0.2) is 10.9 Å². The predicted octanol–water partition coefficient (Wildman–Crippen LogP) is 2.36. The molecule has 3 rings (SSSR count). The van der Waals surface area contributed by atoms with E-state index in [-0.39, 0.29) is 5.91 Å². The van der Waals surface area contributed by atoms with E-state index in [2.05, 4.69) is 15.2 Å². The molecule has 1 N–H and O–H groups in total. The van der Waals surface area contributed by atoms with Gasteiger partial charge in [0.2, 0.25) is 0 Å². The Kier molecular flexibility index (Phi) is 1.02. The van der Waals surface area contributed by atoms with E-state index in [1.165, 1.54) is 0 Å². The number of pyridine rings is 1. The van der Waals surface area contributed by atoms with Crippen molar-refractivity contribution in [3.63, 3.8) is 0 Å². The first-order chi connectivity index (χ1) is 6.34. The van der Waals surface area contributed by atoms with Crippen LogP contribution in [0.2, 0.25) is 0 Å². The second-order valence-electron chi connectivity index (χ2n) is 2.93. The minimum absolute atomic E-state index is 0.269. The van der Waals surface area contributed by atoms with Crippen molar-refractivity contribution in [2.75, 3.05) is 0 Å². The Morgan fingerprint density at radius 2 is 2.15 bits per heavy atom. The smallest absolute Gasteiger partial charge is 0.299 e. The Bertz CT molecular complexity index is 498. The normalized spacial score (nSPS) is 14.0. The first kappa shape index (κ1) is 6.54. The number of carbonyl (C=O) groups is 1. The van der Waals surface area contributed by atoms with E-state index < -0.39 is 0 Å². The molecule has 0 bridgehead atoms. The first-order valence-corrected chi connectivity index (χ1v) is 3.92. The van der Waals surface area contributed by atoms with E-state index in [9.17, 15) is 4.79 Å². The van der Waals surface area contributed by atoms with Crippen LogP contribution in [0.15, 0.2) is 34.5 Å². The van der Waals surface area contributed by atoms with Gasteiger partial charge in [0.05, 0.1) is 5.56 Å². The Labute approximate surface area is 73.6 Å². The lowest BCUT2D eigenvalue weighted by Crippen LogP contribution is -1.91. The van der Waals surface area contributed by atoms with Crippen molar-refractivity contribution >= 4 is 11.7 Å². The largest absolute Gasteiger partial charge is 0.338 e. The molecular formula is C9H5N3O. The fraction of sp³-hybridized carbons (Fsp3) is 0. The molecule has 62 valence electrons. The molecule has 0 fully saturated rings. The SMILES string of the molecule is O=C1N=Nc2[nH]c3cccc-3cc21. The average molecular weight is 171 g/mol. The molecule has 0 aromatic carbocycles. The number of amides is 1. The molecule has 13 heavy (non-hydrogen) atoms. The Balaban J connectivity index is 2.40. The second-order valence-corrected chi connectivity index (χ2v) is 2.93. The van der Waals surface area contributed by atoms with Crippen LogP contribution in [-0.2, 0) is 0 Å². The number of nitrogens with one attached hydrogen (secondary N) is 1. The maximum Gasteiger partial charge on any atom is 0.299 e. The van der Waals surface area contributed by atoms with Crippen molar-refractivity contribution < 1.29 is 4.79 Å². The highest BCUT2D eigenvalue weighted by Crippen LogP contribution is 2.31. The van der Waals surface area contributed by atoms with E-state index in [1.54, 1.807) is 0 Å². The van der Waals surface area contributed by atoms with Crippen LogP contribution in [0.1, 0.15) is 10.4 Å². The number of rotatable bonds is 0. The van der Waals surface area contributed by atoms with Crippen molar-refractivity contribution in [3.8, 4) is 11.3 Å². The third-order valence-electron chi connectivity index (χ3n) is 2.13. The summed E-state index contributed by atoms with van der Waals surface area (Å²) in [6, 6.07) is 7.62. The van der Waals surface area contributed by atoms with Crippen molar-refractivity contribution in [2.24, 2.45) is 10.2 Å². The minimum Gasteiger partial charge on any atom is -0.338 e. The van der Waals surface area contributed by atoms with Gasteiger partial charge in [0, 0.05) is 5.69 Å². The van der Waals surface area contributed by atoms with Gasteiger partial charge in [-0.15, -0.1) is 10.2 Å². The standard InChI is InChI=1S/C9H5N3O/c13-9-6-4-5-2-1-3-7(5)10-8(6)11-12-9/h1-4,10H. The second kappa shape index (κ2) is 2.04. The molecule has 3 aliphatic rings. The van der Waals surface area contributed by atoms with Crippen LogP contribution in [0.5, 0.6) is 0 Å². The Morgan fingerprint density at radius 1 is 1.23 bits per heavy atom. The average Bonchev–Trinajstić information content (AvgIpc) is 2.70. The fourth-order valence-corrected chi connectivity index (χ4v) is 1.48. The van der Waals surface area contributed by atoms with Crippen molar-refractivity contribution in [1.82, 2.24) is 4.98 Å². The number of nitrogens with zero attached hydrogens (tertiary/aromatic N) is 2. The summed E-state index contributed by atoms with van der Waals surface area (Å²) >= 11 is 0. The topological polar surface area (TPSA) is 57.6 Å². The number of fused-ring (bicyclic) bond motifs is 2. The van der Waals surface area contributed by atoms with E-state index in [0.29, 0.717) is 11.4 Å². The quantitative estimate of drug-likeness (QED) is 0.649. The van der Waals surface area contributed by atoms with Gasteiger partial charge in [-0.1, -0.05) is 12.1 Å². The van der Waals surface area contributed by atoms with Gasteiger partial charge in [-0.05, 0) is 17.7 Å². The number of aromatic nitrogens is 1. The summed E-state index contributed by atoms with van der Waals surface area (Å²) in [6.45, 7) is 0. The summed E-state index contributed by atoms with van der Waals surface area (Å²) in [5, 5.41) is 7.19. The summed E-state index contributed by atoms with van der Waals surface area (Å²) in [7, 11) is 0. The lowest BCUT2D eigenvalue weighted by molar-refractivity contribution is 0.100. The number of carbonyl (C=O) groups excluding carboxylic acids is 1. The monoisotopic (exact) mass is 171 g/mol. The van der Waals surface area contributed by atoms with Crippen molar-refractivity contribution in [3.05, 3.63) is 29.8 Å². The summed E-state index contributed by atoms with van der Waals surface area (Å²) in [4.78, 5) is 14.2. The van der Waals surface area contributed by atoms with E-state index >= 15 is 0 Å². The van der Waals surface area contributed by atoms with Gasteiger partial charge in [-0.3, -0.25) is 4.79 Å². The number of azo groups is 1. The van der Waals surface area contributed by atoms with E-state index in [4.69, 9.17) is 0 Å².